The minimum absolute atomic E-state index is 0.108. The molecule has 1 unspecified atom stereocenters. The molecule has 12 heavy (non-hydrogen) atoms. The van der Waals surface area contributed by atoms with E-state index in [0.29, 0.717) is 0 Å². The van der Waals surface area contributed by atoms with Crippen molar-refractivity contribution in [2.45, 2.75) is 20.3 Å². The Bertz CT molecular complexity index is 328. The first-order valence-corrected chi connectivity index (χ1v) is 4.48. The van der Waals surface area contributed by atoms with Crippen LogP contribution in [0.2, 0.25) is 0 Å². The molecule has 0 saturated heterocycles. The topological polar surface area (TPSA) is 52.0 Å². The number of hydrogen-bond acceptors (Lipinski definition) is 4. The van der Waals surface area contributed by atoms with Gasteiger partial charge in [0.2, 0.25) is 5.91 Å². The Kier molecular flexibility index (Phi) is 2.75. The van der Waals surface area contributed by atoms with Gasteiger partial charge in [-0.25, -0.2) is 0 Å². The van der Waals surface area contributed by atoms with Gasteiger partial charge in [0, 0.05) is 5.92 Å². The fraction of sp³-hybridized carbons (Fsp3) is 0.571. The van der Waals surface area contributed by atoms with Gasteiger partial charge in [0.25, 0.3) is 5.56 Å². The predicted octanol–water partition coefficient (Wildman–Crippen LogP) is 0.991. The zero-order valence-corrected chi connectivity index (χ0v) is 7.80. The number of rotatable bonds is 2. The summed E-state index contributed by atoms with van der Waals surface area (Å²) in [6, 6.07) is 0. The molecule has 0 aliphatic heterocycles. The Labute approximate surface area is 74.2 Å². The van der Waals surface area contributed by atoms with Gasteiger partial charge in [-0.05, 0) is 6.42 Å². The molecule has 0 fully saturated rings. The first kappa shape index (κ1) is 9.12. The second kappa shape index (κ2) is 3.62. The molecule has 66 valence electrons. The summed E-state index contributed by atoms with van der Waals surface area (Å²) in [5.41, 5.74) is -0.328. The van der Waals surface area contributed by atoms with Gasteiger partial charge in [0.15, 0.2) is 0 Å². The maximum Gasteiger partial charge on any atom is 0.287 e. The van der Waals surface area contributed by atoms with E-state index in [1.165, 1.54) is 0 Å². The number of hydrogen-bond donors (Lipinski definition) is 0. The van der Waals surface area contributed by atoms with Gasteiger partial charge >= 0.3 is 0 Å². The van der Waals surface area contributed by atoms with Gasteiger partial charge in [-0.3, -0.25) is 9.59 Å². The molecule has 0 aliphatic carbocycles. The molecule has 0 aromatic carbocycles. The molecule has 0 radical (unpaired) electrons. The molecule has 1 atom stereocenters. The Balaban J connectivity index is 2.93. The van der Waals surface area contributed by atoms with Crippen molar-refractivity contribution >= 4 is 17.6 Å². The lowest BCUT2D eigenvalue weighted by atomic mass is 10.1. The van der Waals surface area contributed by atoms with Gasteiger partial charge in [0.1, 0.15) is 6.20 Å². The summed E-state index contributed by atoms with van der Waals surface area (Å²) in [6.45, 7) is 3.71. The highest BCUT2D eigenvalue weighted by Crippen LogP contribution is 2.04. The molecule has 0 saturated carbocycles. The molecular weight excluding hydrogens is 176 g/mol. The van der Waals surface area contributed by atoms with Gasteiger partial charge < -0.3 is 0 Å². The minimum Gasteiger partial charge on any atom is -0.273 e. The van der Waals surface area contributed by atoms with Crippen molar-refractivity contribution in [3.05, 3.63) is 16.6 Å². The Morgan fingerprint density at radius 2 is 2.50 bits per heavy atom. The summed E-state index contributed by atoms with van der Waals surface area (Å²) in [7, 11) is 0. The van der Waals surface area contributed by atoms with Crippen LogP contribution in [0.1, 0.15) is 25.1 Å². The van der Waals surface area contributed by atoms with Crippen LogP contribution in [-0.2, 0) is 0 Å². The standard InChI is InChI=1S/C7H10N2O2S/c1-3-5(2)7(11)9-6(10)4-8-12-9/h4-5H,3H2,1-2H3. The zero-order chi connectivity index (χ0) is 9.14. The van der Waals surface area contributed by atoms with E-state index in [1.807, 2.05) is 6.92 Å². The smallest absolute Gasteiger partial charge is 0.273 e. The SMILES string of the molecule is CCC(C)C(=O)n1sncc1=O. The molecule has 1 aromatic heterocycles. The predicted molar refractivity (Wildman–Crippen MR) is 46.5 cm³/mol. The van der Waals surface area contributed by atoms with Crippen LogP contribution < -0.4 is 5.56 Å². The first-order valence-electron chi connectivity index (χ1n) is 3.75. The number of carbonyl (C=O) groups is 1. The van der Waals surface area contributed by atoms with E-state index in [4.69, 9.17) is 0 Å². The second-order valence-corrected chi connectivity index (χ2v) is 3.34. The normalized spacial score (nSPS) is 12.8. The Morgan fingerprint density at radius 1 is 1.83 bits per heavy atom. The summed E-state index contributed by atoms with van der Waals surface area (Å²) >= 11 is 0.906. The van der Waals surface area contributed by atoms with Crippen LogP contribution >= 0.6 is 11.7 Å². The van der Waals surface area contributed by atoms with Gasteiger partial charge in [0.05, 0.1) is 11.7 Å². The van der Waals surface area contributed by atoms with Crippen molar-refractivity contribution < 1.29 is 4.79 Å². The van der Waals surface area contributed by atoms with Gasteiger partial charge in [-0.15, -0.1) is 0 Å². The van der Waals surface area contributed by atoms with Crippen LogP contribution in [0.4, 0.5) is 0 Å². The van der Waals surface area contributed by atoms with E-state index in [2.05, 4.69) is 4.37 Å². The maximum atomic E-state index is 11.4. The Morgan fingerprint density at radius 3 is 2.92 bits per heavy atom. The summed E-state index contributed by atoms with van der Waals surface area (Å²) in [4.78, 5) is 22.4. The lowest BCUT2D eigenvalue weighted by Gasteiger charge is -2.04. The fourth-order valence-electron chi connectivity index (χ4n) is 0.732. The van der Waals surface area contributed by atoms with E-state index in [1.54, 1.807) is 6.92 Å². The van der Waals surface area contributed by atoms with Crippen molar-refractivity contribution in [1.82, 2.24) is 8.33 Å². The summed E-state index contributed by atoms with van der Waals surface area (Å²) in [5, 5.41) is 0. The minimum atomic E-state index is -0.328. The molecule has 0 bridgehead atoms. The second-order valence-electron chi connectivity index (χ2n) is 2.60. The third-order valence-electron chi connectivity index (χ3n) is 1.73. The average Bonchev–Trinajstić information content (AvgIpc) is 2.48. The molecule has 1 heterocycles. The molecule has 1 aromatic rings. The fourth-order valence-corrected chi connectivity index (χ4v) is 1.35. The van der Waals surface area contributed by atoms with E-state index in [9.17, 15) is 9.59 Å². The quantitative estimate of drug-likeness (QED) is 0.692. The molecule has 4 nitrogen and oxygen atoms in total. The zero-order valence-electron chi connectivity index (χ0n) is 6.98. The van der Waals surface area contributed by atoms with Crippen molar-refractivity contribution in [2.75, 3.05) is 0 Å². The lowest BCUT2D eigenvalue weighted by Crippen LogP contribution is -2.25. The van der Waals surface area contributed by atoms with E-state index in [-0.39, 0.29) is 17.4 Å². The largest absolute Gasteiger partial charge is 0.287 e. The molecule has 5 heteroatoms. The van der Waals surface area contributed by atoms with E-state index < -0.39 is 0 Å². The van der Waals surface area contributed by atoms with Crippen molar-refractivity contribution in [3.8, 4) is 0 Å². The summed E-state index contributed by atoms with van der Waals surface area (Å²) in [5.74, 6) is -0.270. The Hall–Kier alpha value is -0.970. The van der Waals surface area contributed by atoms with Crippen LogP contribution in [0.15, 0.2) is 11.0 Å². The average molecular weight is 186 g/mol. The highest BCUT2D eigenvalue weighted by molar-refractivity contribution is 7.01. The molecule has 1 rings (SSSR count). The van der Waals surface area contributed by atoms with Crippen molar-refractivity contribution in [2.24, 2.45) is 5.92 Å². The third kappa shape index (κ3) is 1.61. The molecular formula is C7H10N2O2S. The molecule has 0 spiro atoms. The molecule has 0 amide bonds. The van der Waals surface area contributed by atoms with Gasteiger partial charge in [-0.2, -0.15) is 8.33 Å². The summed E-state index contributed by atoms with van der Waals surface area (Å²) < 4.78 is 4.72. The highest BCUT2D eigenvalue weighted by atomic mass is 32.1. The van der Waals surface area contributed by atoms with Gasteiger partial charge in [-0.1, -0.05) is 13.8 Å². The van der Waals surface area contributed by atoms with Crippen LogP contribution in [0.25, 0.3) is 0 Å². The van der Waals surface area contributed by atoms with Crippen LogP contribution in [-0.4, -0.2) is 14.2 Å². The van der Waals surface area contributed by atoms with Crippen LogP contribution in [0.3, 0.4) is 0 Å². The van der Waals surface area contributed by atoms with Crippen molar-refractivity contribution in [1.29, 1.82) is 0 Å². The molecule has 0 aliphatic rings. The monoisotopic (exact) mass is 186 g/mol. The number of aromatic nitrogens is 2. The van der Waals surface area contributed by atoms with E-state index >= 15 is 0 Å². The molecule has 0 N–H and O–H groups in total. The van der Waals surface area contributed by atoms with Crippen molar-refractivity contribution in [3.63, 3.8) is 0 Å². The van der Waals surface area contributed by atoms with E-state index in [0.717, 1.165) is 28.3 Å². The number of carbonyl (C=O) groups excluding carboxylic acids is 1. The number of nitrogens with zero attached hydrogens (tertiary/aromatic N) is 2. The maximum absolute atomic E-state index is 11.4. The third-order valence-corrected chi connectivity index (χ3v) is 2.45. The van der Waals surface area contributed by atoms with Crippen LogP contribution in [0.5, 0.6) is 0 Å². The first-order chi connectivity index (χ1) is 5.66. The lowest BCUT2D eigenvalue weighted by molar-refractivity contribution is 0.0852. The van der Waals surface area contributed by atoms with Crippen LogP contribution in [0, 0.1) is 5.92 Å². The highest BCUT2D eigenvalue weighted by Gasteiger charge is 2.15. The summed E-state index contributed by atoms with van der Waals surface area (Å²) in [6.07, 6.45) is 1.90.